The Labute approximate surface area is 119 Å². The zero-order valence-electron chi connectivity index (χ0n) is 11.1. The normalized spacial score (nSPS) is 23.6. The van der Waals surface area contributed by atoms with Crippen LogP contribution in [0.25, 0.3) is 0 Å². The van der Waals surface area contributed by atoms with Gasteiger partial charge in [-0.3, -0.25) is 13.8 Å². The largest absolute Gasteiger partial charge is 0.481 e. The molecule has 6 heteroatoms. The molecule has 20 heavy (non-hydrogen) atoms. The summed E-state index contributed by atoms with van der Waals surface area (Å²) >= 11 is 0. The number of aliphatic carboxylic acids is 1. The van der Waals surface area contributed by atoms with Crippen molar-refractivity contribution < 1.29 is 18.9 Å². The molecule has 0 spiro atoms. The summed E-state index contributed by atoms with van der Waals surface area (Å²) in [5.41, 5.74) is 0.878. The van der Waals surface area contributed by atoms with Gasteiger partial charge in [0.05, 0.1) is 17.9 Å². The maximum Gasteiger partial charge on any atom is 0.307 e. The Morgan fingerprint density at radius 1 is 1.35 bits per heavy atom. The Morgan fingerprint density at radius 2 is 2.00 bits per heavy atom. The van der Waals surface area contributed by atoms with Gasteiger partial charge in [-0.15, -0.1) is 0 Å². The van der Waals surface area contributed by atoms with Gasteiger partial charge in [-0.2, -0.15) is 0 Å². The minimum Gasteiger partial charge on any atom is -0.481 e. The molecule has 1 aromatic carbocycles. The van der Waals surface area contributed by atoms with E-state index in [1.807, 2.05) is 30.3 Å². The minimum atomic E-state index is -1.05. The molecule has 1 fully saturated rings. The van der Waals surface area contributed by atoms with Crippen LogP contribution in [0, 0.1) is 11.8 Å². The highest BCUT2D eigenvalue weighted by Gasteiger charge is 2.48. The summed E-state index contributed by atoms with van der Waals surface area (Å²) in [7, 11) is -1.05. The van der Waals surface area contributed by atoms with Crippen LogP contribution in [0.3, 0.4) is 0 Å². The Morgan fingerprint density at radius 3 is 2.50 bits per heavy atom. The highest BCUT2D eigenvalue weighted by atomic mass is 32.2. The third-order valence-corrected chi connectivity index (χ3v) is 4.17. The number of carboxylic acid groups (broad SMARTS) is 1. The number of nitrogens with one attached hydrogen (secondary N) is 1. The lowest BCUT2D eigenvalue weighted by molar-refractivity contribution is -0.140. The quantitative estimate of drug-likeness (QED) is 0.818. The lowest BCUT2D eigenvalue weighted by Crippen LogP contribution is -2.33. The third kappa shape index (κ3) is 3.66. The fraction of sp³-hybridized carbons (Fsp3) is 0.429. The van der Waals surface area contributed by atoms with E-state index in [4.69, 9.17) is 5.11 Å². The summed E-state index contributed by atoms with van der Waals surface area (Å²) in [5, 5.41) is 11.7. The lowest BCUT2D eigenvalue weighted by atomic mass is 10.1. The Bertz CT molecular complexity index is 531. The number of benzene rings is 1. The van der Waals surface area contributed by atoms with E-state index in [2.05, 4.69) is 5.32 Å². The van der Waals surface area contributed by atoms with Crippen molar-refractivity contribution in [2.45, 2.75) is 12.5 Å². The maximum absolute atomic E-state index is 12.0. The summed E-state index contributed by atoms with van der Waals surface area (Å²) in [6, 6.07) is 8.95. The van der Waals surface area contributed by atoms with Crippen LogP contribution in [0.5, 0.6) is 0 Å². The summed E-state index contributed by atoms with van der Waals surface area (Å²) in [4.78, 5) is 22.8. The summed E-state index contributed by atoms with van der Waals surface area (Å²) in [5.74, 6) is -1.90. The lowest BCUT2D eigenvalue weighted by Gasteiger charge is -2.18. The van der Waals surface area contributed by atoms with Crippen LogP contribution in [-0.2, 0) is 20.4 Å². The number of hydrogen-bond donors (Lipinski definition) is 2. The summed E-state index contributed by atoms with van der Waals surface area (Å²) < 4.78 is 11.4. The number of amides is 1. The molecule has 1 amide bonds. The van der Waals surface area contributed by atoms with Gasteiger partial charge < -0.3 is 10.4 Å². The monoisotopic (exact) mass is 295 g/mol. The maximum atomic E-state index is 12.0. The zero-order valence-corrected chi connectivity index (χ0v) is 11.9. The number of hydrogen-bond acceptors (Lipinski definition) is 3. The van der Waals surface area contributed by atoms with E-state index in [1.54, 1.807) is 6.26 Å². The van der Waals surface area contributed by atoms with Gasteiger partial charge in [-0.05, 0) is 12.0 Å². The highest BCUT2D eigenvalue weighted by Crippen LogP contribution is 2.39. The number of carbonyl (C=O) groups excluding carboxylic acids is 1. The molecule has 5 nitrogen and oxygen atoms in total. The van der Waals surface area contributed by atoms with Gasteiger partial charge in [-0.25, -0.2) is 0 Å². The van der Waals surface area contributed by atoms with Crippen molar-refractivity contribution in [3.05, 3.63) is 35.9 Å². The first-order valence-electron chi connectivity index (χ1n) is 6.37. The summed E-state index contributed by atoms with van der Waals surface area (Å²) in [6.07, 6.45) is 1.97. The molecule has 0 radical (unpaired) electrons. The van der Waals surface area contributed by atoms with E-state index in [9.17, 15) is 13.8 Å². The van der Waals surface area contributed by atoms with E-state index in [1.165, 1.54) is 0 Å². The van der Waals surface area contributed by atoms with Crippen molar-refractivity contribution in [1.29, 1.82) is 0 Å². The van der Waals surface area contributed by atoms with Crippen molar-refractivity contribution in [2.24, 2.45) is 11.8 Å². The van der Waals surface area contributed by atoms with Gasteiger partial charge in [0, 0.05) is 22.8 Å². The molecule has 0 aliphatic heterocycles. The third-order valence-electron chi connectivity index (χ3n) is 3.36. The molecule has 108 valence electrons. The van der Waals surface area contributed by atoms with Crippen LogP contribution in [0.2, 0.25) is 0 Å². The standard InChI is InChI=1S/C14H17NO4S/c1-20(19)8-12(9-5-3-2-4-6-9)15-13(16)10-7-11(10)14(17)18/h2-6,10-12H,7-8H2,1H3,(H,15,16)(H,17,18). The second kappa shape index (κ2) is 6.17. The van der Waals surface area contributed by atoms with E-state index in [0.717, 1.165) is 5.56 Å². The molecule has 0 heterocycles. The van der Waals surface area contributed by atoms with Crippen molar-refractivity contribution >= 4 is 22.7 Å². The molecule has 1 aromatic rings. The molecular formula is C14H17NO4S. The van der Waals surface area contributed by atoms with Crippen LogP contribution in [0.15, 0.2) is 30.3 Å². The molecule has 0 aromatic heterocycles. The highest BCUT2D eigenvalue weighted by molar-refractivity contribution is 7.84. The molecule has 0 bridgehead atoms. The summed E-state index contributed by atoms with van der Waals surface area (Å²) in [6.45, 7) is 0. The van der Waals surface area contributed by atoms with Crippen LogP contribution >= 0.6 is 0 Å². The molecular weight excluding hydrogens is 278 g/mol. The van der Waals surface area contributed by atoms with Gasteiger partial charge >= 0.3 is 5.97 Å². The fourth-order valence-corrected chi connectivity index (χ4v) is 2.92. The molecule has 1 saturated carbocycles. The molecule has 1 aliphatic rings. The van der Waals surface area contributed by atoms with E-state index in [-0.39, 0.29) is 11.9 Å². The SMILES string of the molecule is CS(=O)CC(NC(=O)C1CC1C(=O)O)c1ccccc1. The predicted molar refractivity (Wildman–Crippen MR) is 75.5 cm³/mol. The van der Waals surface area contributed by atoms with Crippen LogP contribution in [0.1, 0.15) is 18.0 Å². The first-order chi connectivity index (χ1) is 9.49. The molecule has 4 atom stereocenters. The molecule has 0 saturated heterocycles. The van der Waals surface area contributed by atoms with Gasteiger partial charge in [-0.1, -0.05) is 30.3 Å². The topological polar surface area (TPSA) is 83.5 Å². The average Bonchev–Trinajstić information content (AvgIpc) is 3.19. The zero-order chi connectivity index (χ0) is 14.7. The smallest absolute Gasteiger partial charge is 0.307 e. The Hall–Kier alpha value is -1.69. The van der Waals surface area contributed by atoms with Crippen LogP contribution in [-0.4, -0.2) is 33.2 Å². The average molecular weight is 295 g/mol. The van der Waals surface area contributed by atoms with Crippen molar-refractivity contribution in [2.75, 3.05) is 12.0 Å². The minimum absolute atomic E-state index is 0.267. The predicted octanol–water partition coefficient (Wildman–Crippen LogP) is 0.943. The van der Waals surface area contributed by atoms with Crippen LogP contribution in [0.4, 0.5) is 0 Å². The molecule has 2 N–H and O–H groups in total. The van der Waals surface area contributed by atoms with Crippen molar-refractivity contribution in [1.82, 2.24) is 5.32 Å². The first kappa shape index (κ1) is 14.7. The molecule has 2 rings (SSSR count). The Balaban J connectivity index is 2.04. The van der Waals surface area contributed by atoms with Crippen molar-refractivity contribution in [3.8, 4) is 0 Å². The van der Waals surface area contributed by atoms with Gasteiger partial charge in [0.25, 0.3) is 0 Å². The molecule has 4 unspecified atom stereocenters. The number of rotatable bonds is 6. The number of carbonyl (C=O) groups is 2. The van der Waals surface area contributed by atoms with E-state index in [0.29, 0.717) is 12.2 Å². The second-order valence-corrected chi connectivity index (χ2v) is 6.48. The van der Waals surface area contributed by atoms with Gasteiger partial charge in [0.1, 0.15) is 0 Å². The van der Waals surface area contributed by atoms with E-state index < -0.39 is 28.6 Å². The number of carboxylic acids is 1. The fourth-order valence-electron chi connectivity index (χ4n) is 2.18. The second-order valence-electron chi connectivity index (χ2n) is 5.00. The van der Waals surface area contributed by atoms with Crippen molar-refractivity contribution in [3.63, 3.8) is 0 Å². The first-order valence-corrected chi connectivity index (χ1v) is 8.10. The Kier molecular flexibility index (Phi) is 4.54. The van der Waals surface area contributed by atoms with Crippen LogP contribution < -0.4 is 5.32 Å². The van der Waals surface area contributed by atoms with E-state index >= 15 is 0 Å². The van der Waals surface area contributed by atoms with Gasteiger partial charge in [0.2, 0.25) is 5.91 Å². The molecule has 1 aliphatic carbocycles. The van der Waals surface area contributed by atoms with Gasteiger partial charge in [0.15, 0.2) is 0 Å².